The van der Waals surface area contributed by atoms with E-state index >= 15 is 0 Å². The van der Waals surface area contributed by atoms with Gasteiger partial charge in [0, 0.05) is 35.4 Å². The van der Waals surface area contributed by atoms with Crippen molar-refractivity contribution in [3.63, 3.8) is 0 Å². The minimum absolute atomic E-state index is 0.149. The smallest absolute Gasteiger partial charge is 0.404 e. The Hall–Kier alpha value is -5.03. The molecule has 0 bridgehead atoms. The first-order chi connectivity index (χ1) is 19.4. The van der Waals surface area contributed by atoms with E-state index in [0.717, 1.165) is 16.7 Å². The van der Waals surface area contributed by atoms with Gasteiger partial charge in [-0.1, -0.05) is 48.0 Å². The number of hydrogen-bond acceptors (Lipinski definition) is 6. The van der Waals surface area contributed by atoms with Crippen LogP contribution in [0.1, 0.15) is 28.3 Å². The van der Waals surface area contributed by atoms with Gasteiger partial charge >= 0.3 is 6.09 Å². The molecular formula is C28H24ClN7O4. The molecule has 12 heteroatoms. The topological polar surface area (TPSA) is 142 Å². The van der Waals surface area contributed by atoms with Gasteiger partial charge in [-0.2, -0.15) is 4.68 Å². The van der Waals surface area contributed by atoms with Crippen LogP contribution in [0.5, 0.6) is 0 Å². The summed E-state index contributed by atoms with van der Waals surface area (Å²) in [5.74, 6) is -0.699. The van der Waals surface area contributed by atoms with E-state index in [4.69, 9.17) is 16.7 Å². The summed E-state index contributed by atoms with van der Waals surface area (Å²) >= 11 is 6.21. The lowest BCUT2D eigenvalue weighted by Gasteiger charge is -2.35. The van der Waals surface area contributed by atoms with Crippen LogP contribution in [-0.2, 0) is 22.6 Å². The third-order valence-electron chi connectivity index (χ3n) is 6.47. The molecule has 11 nitrogen and oxygen atoms in total. The van der Waals surface area contributed by atoms with Crippen molar-refractivity contribution in [2.75, 3.05) is 11.9 Å². The predicted molar refractivity (Wildman–Crippen MR) is 148 cm³/mol. The van der Waals surface area contributed by atoms with Gasteiger partial charge in [-0.3, -0.25) is 9.59 Å². The summed E-state index contributed by atoms with van der Waals surface area (Å²) in [4.78, 5) is 39.4. The number of amides is 3. The fraction of sp³-hybridized carbons (Fsp3) is 0.143. The van der Waals surface area contributed by atoms with E-state index in [1.165, 1.54) is 17.1 Å². The zero-order valence-corrected chi connectivity index (χ0v) is 21.8. The monoisotopic (exact) mass is 557 g/mol. The Kier molecular flexibility index (Phi) is 7.83. The van der Waals surface area contributed by atoms with Crippen molar-refractivity contribution in [2.45, 2.75) is 19.0 Å². The number of rotatable bonds is 7. The summed E-state index contributed by atoms with van der Waals surface area (Å²) in [6, 6.07) is 18.7. The standard InChI is InChI=1S/C28H24ClN7O4/c29-21-8-11-24(36-17-31-33-34-36)20(15-21)7-12-25(37)35-14-13-19-3-1-2-4-23(19)26(35)27(38)32-22-9-5-18(6-10-22)16-30-28(39)40/h1-12,15,17,26,30H,13-14,16H2,(H,32,38)(H,39,40). The van der Waals surface area contributed by atoms with Crippen molar-refractivity contribution < 1.29 is 19.5 Å². The maximum absolute atomic E-state index is 13.6. The quantitative estimate of drug-likeness (QED) is 0.293. The highest BCUT2D eigenvalue weighted by Crippen LogP contribution is 2.31. The van der Waals surface area contributed by atoms with E-state index in [9.17, 15) is 14.4 Å². The number of carbonyl (C=O) groups excluding carboxylic acids is 2. The SMILES string of the molecule is O=C(O)NCc1ccc(NC(=O)C2c3ccccc3CCN2C(=O)C=Cc2cc(Cl)ccc2-n2cnnn2)cc1. The van der Waals surface area contributed by atoms with Gasteiger partial charge in [0.2, 0.25) is 5.91 Å². The van der Waals surface area contributed by atoms with Gasteiger partial charge in [-0.15, -0.1) is 5.10 Å². The molecule has 0 radical (unpaired) electrons. The molecular weight excluding hydrogens is 534 g/mol. The number of fused-ring (bicyclic) bond motifs is 1. The Morgan fingerprint density at radius 2 is 1.88 bits per heavy atom. The minimum Gasteiger partial charge on any atom is -0.465 e. The Morgan fingerprint density at radius 3 is 2.62 bits per heavy atom. The summed E-state index contributed by atoms with van der Waals surface area (Å²) in [5, 5.41) is 25.7. The van der Waals surface area contributed by atoms with E-state index in [1.54, 1.807) is 53.4 Å². The molecule has 0 aliphatic carbocycles. The fourth-order valence-corrected chi connectivity index (χ4v) is 4.76. The van der Waals surface area contributed by atoms with Crippen LogP contribution in [0, 0.1) is 0 Å². The maximum Gasteiger partial charge on any atom is 0.404 e. The lowest BCUT2D eigenvalue weighted by Crippen LogP contribution is -2.44. The van der Waals surface area contributed by atoms with Crippen molar-refractivity contribution in [2.24, 2.45) is 0 Å². The molecule has 3 aromatic carbocycles. The molecule has 202 valence electrons. The van der Waals surface area contributed by atoms with Crippen LogP contribution < -0.4 is 10.6 Å². The molecule has 1 atom stereocenters. The molecule has 40 heavy (non-hydrogen) atoms. The van der Waals surface area contributed by atoms with Crippen molar-refractivity contribution >= 4 is 41.3 Å². The van der Waals surface area contributed by atoms with Crippen LogP contribution in [0.15, 0.2) is 79.1 Å². The van der Waals surface area contributed by atoms with Gasteiger partial charge in [-0.05, 0) is 69.9 Å². The highest BCUT2D eigenvalue weighted by Gasteiger charge is 2.35. The third kappa shape index (κ3) is 6.00. The molecule has 0 saturated heterocycles. The highest BCUT2D eigenvalue weighted by atomic mass is 35.5. The van der Waals surface area contributed by atoms with Crippen LogP contribution in [0.2, 0.25) is 5.02 Å². The molecule has 3 amide bonds. The van der Waals surface area contributed by atoms with Crippen molar-refractivity contribution in [3.8, 4) is 5.69 Å². The van der Waals surface area contributed by atoms with E-state index in [0.29, 0.717) is 34.9 Å². The number of carbonyl (C=O) groups is 3. The normalized spacial score (nSPS) is 14.5. The highest BCUT2D eigenvalue weighted by molar-refractivity contribution is 6.30. The largest absolute Gasteiger partial charge is 0.465 e. The molecule has 1 aliphatic heterocycles. The predicted octanol–water partition coefficient (Wildman–Crippen LogP) is 3.86. The Balaban J connectivity index is 1.39. The van der Waals surface area contributed by atoms with Gasteiger partial charge in [0.1, 0.15) is 12.4 Å². The molecule has 0 spiro atoms. The van der Waals surface area contributed by atoms with Crippen molar-refractivity contribution in [1.82, 2.24) is 30.4 Å². The second-order valence-electron chi connectivity index (χ2n) is 9.02. The first-order valence-electron chi connectivity index (χ1n) is 12.3. The zero-order chi connectivity index (χ0) is 28.1. The van der Waals surface area contributed by atoms with E-state index < -0.39 is 12.1 Å². The zero-order valence-electron chi connectivity index (χ0n) is 21.1. The number of benzene rings is 3. The first kappa shape index (κ1) is 26.6. The Bertz CT molecular complexity index is 1570. The van der Waals surface area contributed by atoms with E-state index in [-0.39, 0.29) is 18.4 Å². The molecule has 1 aromatic heterocycles. The van der Waals surface area contributed by atoms with Gasteiger partial charge in [-0.25, -0.2) is 4.79 Å². The third-order valence-corrected chi connectivity index (χ3v) is 6.71. The second-order valence-corrected chi connectivity index (χ2v) is 9.46. The minimum atomic E-state index is -1.12. The summed E-state index contributed by atoms with van der Waals surface area (Å²) in [5.41, 5.74) is 4.30. The van der Waals surface area contributed by atoms with Crippen LogP contribution >= 0.6 is 11.6 Å². The average molecular weight is 558 g/mol. The molecule has 1 unspecified atom stereocenters. The van der Waals surface area contributed by atoms with E-state index in [1.807, 2.05) is 24.3 Å². The molecule has 4 aromatic rings. The van der Waals surface area contributed by atoms with Crippen molar-refractivity contribution in [3.05, 3.63) is 106 Å². The second kappa shape index (κ2) is 11.8. The number of carboxylic acid groups (broad SMARTS) is 1. The van der Waals surface area contributed by atoms with Crippen LogP contribution in [-0.4, -0.2) is 54.7 Å². The number of tetrazole rings is 1. The lowest BCUT2D eigenvalue weighted by atomic mass is 9.91. The number of nitrogens with zero attached hydrogens (tertiary/aromatic N) is 5. The van der Waals surface area contributed by atoms with Crippen molar-refractivity contribution in [1.29, 1.82) is 0 Å². The molecule has 0 saturated carbocycles. The number of halogens is 1. The number of nitrogens with one attached hydrogen (secondary N) is 2. The molecule has 3 N–H and O–H groups in total. The van der Waals surface area contributed by atoms with Crippen LogP contribution in [0.3, 0.4) is 0 Å². The first-order valence-corrected chi connectivity index (χ1v) is 12.7. The average Bonchev–Trinajstić information content (AvgIpc) is 3.49. The van der Waals surface area contributed by atoms with Gasteiger partial charge in [0.05, 0.1) is 5.69 Å². The Morgan fingerprint density at radius 1 is 1.07 bits per heavy atom. The fourth-order valence-electron chi connectivity index (χ4n) is 4.58. The summed E-state index contributed by atoms with van der Waals surface area (Å²) in [6.07, 6.45) is 3.98. The number of hydrogen-bond donors (Lipinski definition) is 3. The lowest BCUT2D eigenvalue weighted by molar-refractivity contribution is -0.135. The molecule has 0 fully saturated rings. The van der Waals surface area contributed by atoms with Crippen LogP contribution in [0.4, 0.5) is 10.5 Å². The Labute approximate surface area is 234 Å². The summed E-state index contributed by atoms with van der Waals surface area (Å²) < 4.78 is 1.47. The summed E-state index contributed by atoms with van der Waals surface area (Å²) in [7, 11) is 0. The number of anilines is 1. The van der Waals surface area contributed by atoms with Crippen LogP contribution in [0.25, 0.3) is 11.8 Å². The number of aromatic nitrogens is 4. The van der Waals surface area contributed by atoms with Gasteiger partial charge in [0.15, 0.2) is 0 Å². The van der Waals surface area contributed by atoms with Gasteiger partial charge < -0.3 is 20.6 Å². The molecule has 5 rings (SSSR count). The van der Waals surface area contributed by atoms with E-state index in [2.05, 4.69) is 26.2 Å². The molecule has 2 heterocycles. The maximum atomic E-state index is 13.6. The van der Waals surface area contributed by atoms with Gasteiger partial charge in [0.25, 0.3) is 5.91 Å². The molecule has 1 aliphatic rings. The summed E-state index contributed by atoms with van der Waals surface area (Å²) in [6.45, 7) is 0.503.